The highest BCUT2D eigenvalue weighted by Gasteiger charge is 2.28. The number of aryl methyl sites for hydroxylation is 3. The molecule has 0 atom stereocenters. The first-order valence-electron chi connectivity index (χ1n) is 11.3. The van der Waals surface area contributed by atoms with E-state index in [0.717, 1.165) is 33.9 Å². The van der Waals surface area contributed by atoms with Crippen LogP contribution in [0.15, 0.2) is 89.8 Å². The van der Waals surface area contributed by atoms with Crippen molar-refractivity contribution in [2.24, 2.45) is 0 Å². The molecule has 0 spiro atoms. The van der Waals surface area contributed by atoms with Crippen molar-refractivity contribution in [1.29, 1.82) is 0 Å². The van der Waals surface area contributed by atoms with Gasteiger partial charge in [-0.05, 0) is 72.7 Å². The molecule has 0 bridgehead atoms. The summed E-state index contributed by atoms with van der Waals surface area (Å²) in [5.74, 6) is -0.412. The van der Waals surface area contributed by atoms with E-state index in [0.29, 0.717) is 11.4 Å². The lowest BCUT2D eigenvalue weighted by molar-refractivity contribution is -0.114. The van der Waals surface area contributed by atoms with Crippen molar-refractivity contribution in [3.8, 4) is 0 Å². The summed E-state index contributed by atoms with van der Waals surface area (Å²) in [4.78, 5) is 13.2. The van der Waals surface area contributed by atoms with E-state index in [1.165, 1.54) is 4.31 Å². The number of fused-ring (bicyclic) bond motifs is 1. The van der Waals surface area contributed by atoms with Gasteiger partial charge in [0, 0.05) is 11.1 Å². The Morgan fingerprint density at radius 1 is 0.853 bits per heavy atom. The molecule has 0 unspecified atom stereocenters. The van der Waals surface area contributed by atoms with Gasteiger partial charge in [0.25, 0.3) is 10.0 Å². The molecule has 5 nitrogen and oxygen atoms in total. The Morgan fingerprint density at radius 2 is 1.56 bits per heavy atom. The molecule has 0 saturated heterocycles. The molecule has 6 heteroatoms. The van der Waals surface area contributed by atoms with Crippen LogP contribution in [0.4, 0.5) is 11.4 Å². The van der Waals surface area contributed by atoms with Crippen molar-refractivity contribution in [2.75, 3.05) is 16.2 Å². The molecule has 0 heterocycles. The van der Waals surface area contributed by atoms with E-state index in [4.69, 9.17) is 0 Å². The Kier molecular flexibility index (Phi) is 6.70. The van der Waals surface area contributed by atoms with Gasteiger partial charge in [0.05, 0.1) is 10.6 Å². The normalized spacial score (nSPS) is 11.4. The highest BCUT2D eigenvalue weighted by molar-refractivity contribution is 7.92. The molecule has 34 heavy (non-hydrogen) atoms. The van der Waals surface area contributed by atoms with Crippen molar-refractivity contribution in [3.05, 3.63) is 102 Å². The number of nitrogens with zero attached hydrogens (tertiary/aromatic N) is 1. The first kappa shape index (κ1) is 23.5. The molecule has 0 aliphatic heterocycles. The maximum absolute atomic E-state index is 13.9. The van der Waals surface area contributed by atoms with Gasteiger partial charge in [-0.3, -0.25) is 9.10 Å². The molecule has 4 aromatic rings. The minimum atomic E-state index is -4.01. The van der Waals surface area contributed by atoms with E-state index in [1.54, 1.807) is 24.3 Å². The molecular formula is C28H28N2O3S. The summed E-state index contributed by atoms with van der Waals surface area (Å²) < 4.78 is 28.9. The Bertz CT molecular complexity index is 1440. The summed E-state index contributed by atoms with van der Waals surface area (Å²) in [5, 5.41) is 4.50. The Hall–Kier alpha value is -3.64. The lowest BCUT2D eigenvalue weighted by Gasteiger charge is -2.26. The third-order valence-corrected chi connectivity index (χ3v) is 7.79. The molecule has 0 aliphatic rings. The third kappa shape index (κ3) is 4.82. The highest BCUT2D eigenvalue weighted by atomic mass is 32.2. The molecule has 4 rings (SSSR count). The lowest BCUT2D eigenvalue weighted by atomic mass is 10.1. The van der Waals surface area contributed by atoms with Crippen LogP contribution in [0.2, 0.25) is 0 Å². The average molecular weight is 473 g/mol. The second kappa shape index (κ2) is 9.69. The van der Waals surface area contributed by atoms with Crippen LogP contribution < -0.4 is 9.62 Å². The third-order valence-electron chi connectivity index (χ3n) is 6.03. The smallest absolute Gasteiger partial charge is 0.264 e. The van der Waals surface area contributed by atoms with Crippen LogP contribution in [0.25, 0.3) is 10.8 Å². The molecule has 1 amide bonds. The fraction of sp³-hybridized carbons (Fsp3) is 0.179. The zero-order valence-corrected chi connectivity index (χ0v) is 20.4. The lowest BCUT2D eigenvalue weighted by Crippen LogP contribution is -2.38. The predicted molar refractivity (Wildman–Crippen MR) is 139 cm³/mol. The highest BCUT2D eigenvalue weighted by Crippen LogP contribution is 2.31. The largest absolute Gasteiger partial charge is 0.325 e. The van der Waals surface area contributed by atoms with Crippen LogP contribution in [0, 0.1) is 13.8 Å². The van der Waals surface area contributed by atoms with Crippen molar-refractivity contribution >= 4 is 38.1 Å². The van der Waals surface area contributed by atoms with Crippen LogP contribution in [0.1, 0.15) is 23.6 Å². The van der Waals surface area contributed by atoms with Crippen LogP contribution in [-0.4, -0.2) is 20.9 Å². The fourth-order valence-electron chi connectivity index (χ4n) is 3.88. The zero-order valence-electron chi connectivity index (χ0n) is 19.6. The number of rotatable bonds is 7. The van der Waals surface area contributed by atoms with E-state index in [-0.39, 0.29) is 11.4 Å². The summed E-state index contributed by atoms with van der Waals surface area (Å²) in [6.07, 6.45) is 0.900. The number of carbonyl (C=O) groups is 1. The summed E-state index contributed by atoms with van der Waals surface area (Å²) >= 11 is 0. The molecule has 174 valence electrons. The molecular weight excluding hydrogens is 444 g/mol. The van der Waals surface area contributed by atoms with Gasteiger partial charge in [0.1, 0.15) is 6.54 Å². The van der Waals surface area contributed by atoms with Crippen molar-refractivity contribution in [1.82, 2.24) is 0 Å². The van der Waals surface area contributed by atoms with E-state index in [1.807, 2.05) is 74.5 Å². The standard InChI is InChI=1S/C28H28N2O3S/c1-4-22-13-15-24(16-14-22)29-28(31)19-30(27-11-7-9-23-8-5-6-10-26(23)27)34(32,33)25-17-12-20(2)21(3)18-25/h5-18H,4,19H2,1-3H3,(H,29,31). The van der Waals surface area contributed by atoms with Gasteiger partial charge in [-0.1, -0.05) is 61.5 Å². The summed E-state index contributed by atoms with van der Waals surface area (Å²) in [6.45, 7) is 5.53. The number of anilines is 2. The number of benzene rings is 4. The van der Waals surface area contributed by atoms with Crippen LogP contribution in [0.3, 0.4) is 0 Å². The Labute approximate surface area is 201 Å². The van der Waals surface area contributed by atoms with E-state index in [9.17, 15) is 13.2 Å². The second-order valence-electron chi connectivity index (χ2n) is 8.35. The predicted octanol–water partition coefficient (Wildman–Crippen LogP) is 5.85. The number of nitrogens with one attached hydrogen (secondary N) is 1. The monoisotopic (exact) mass is 472 g/mol. The van der Waals surface area contributed by atoms with Gasteiger partial charge < -0.3 is 5.32 Å². The Balaban J connectivity index is 1.76. The minimum absolute atomic E-state index is 0.156. The number of amides is 1. The van der Waals surface area contributed by atoms with E-state index < -0.39 is 15.9 Å². The number of hydrogen-bond acceptors (Lipinski definition) is 3. The molecule has 0 aromatic heterocycles. The van der Waals surface area contributed by atoms with Gasteiger partial charge in [-0.2, -0.15) is 0 Å². The van der Waals surface area contributed by atoms with Gasteiger partial charge >= 0.3 is 0 Å². The fourth-order valence-corrected chi connectivity index (χ4v) is 5.41. The Morgan fingerprint density at radius 3 is 2.26 bits per heavy atom. The summed E-state index contributed by atoms with van der Waals surface area (Å²) in [5.41, 5.74) is 4.13. The zero-order chi connectivity index (χ0) is 24.3. The van der Waals surface area contributed by atoms with E-state index >= 15 is 0 Å². The first-order valence-corrected chi connectivity index (χ1v) is 12.7. The van der Waals surface area contributed by atoms with Gasteiger partial charge in [-0.15, -0.1) is 0 Å². The molecule has 4 aromatic carbocycles. The van der Waals surface area contributed by atoms with Gasteiger partial charge in [0.15, 0.2) is 0 Å². The quantitative estimate of drug-likeness (QED) is 0.367. The number of sulfonamides is 1. The number of hydrogen-bond donors (Lipinski definition) is 1. The van der Waals surface area contributed by atoms with Crippen LogP contribution >= 0.6 is 0 Å². The van der Waals surface area contributed by atoms with Crippen molar-refractivity contribution in [2.45, 2.75) is 32.1 Å². The maximum atomic E-state index is 13.9. The van der Waals surface area contributed by atoms with Crippen LogP contribution in [-0.2, 0) is 21.2 Å². The van der Waals surface area contributed by atoms with Crippen molar-refractivity contribution in [3.63, 3.8) is 0 Å². The topological polar surface area (TPSA) is 66.5 Å². The summed E-state index contributed by atoms with van der Waals surface area (Å²) in [7, 11) is -4.01. The first-order chi connectivity index (χ1) is 16.3. The van der Waals surface area contributed by atoms with Gasteiger partial charge in [0.2, 0.25) is 5.91 Å². The summed E-state index contributed by atoms with van der Waals surface area (Å²) in [6, 6.07) is 25.6. The second-order valence-corrected chi connectivity index (χ2v) is 10.2. The molecule has 0 saturated carbocycles. The minimum Gasteiger partial charge on any atom is -0.325 e. The SMILES string of the molecule is CCc1ccc(NC(=O)CN(c2cccc3ccccc23)S(=O)(=O)c2ccc(C)c(C)c2)cc1. The molecule has 0 aliphatic carbocycles. The molecule has 0 fully saturated rings. The van der Waals surface area contributed by atoms with E-state index in [2.05, 4.69) is 12.2 Å². The maximum Gasteiger partial charge on any atom is 0.264 e. The van der Waals surface area contributed by atoms with Gasteiger partial charge in [-0.25, -0.2) is 8.42 Å². The number of carbonyl (C=O) groups excluding carboxylic acids is 1. The average Bonchev–Trinajstić information content (AvgIpc) is 2.84. The van der Waals surface area contributed by atoms with Crippen molar-refractivity contribution < 1.29 is 13.2 Å². The molecule has 1 N–H and O–H groups in total. The molecule has 0 radical (unpaired) electrons. The van der Waals surface area contributed by atoms with Crippen LogP contribution in [0.5, 0.6) is 0 Å².